The number of benzene rings is 2. The molecule has 0 spiro atoms. The molecule has 0 aromatic heterocycles. The molecular formula is C14H11FN2S. The summed E-state index contributed by atoms with van der Waals surface area (Å²) in [5, 5.41) is 8.77. The molecule has 2 rings (SSSR count). The van der Waals surface area contributed by atoms with Gasteiger partial charge in [-0.15, -0.1) is 11.8 Å². The molecule has 0 saturated heterocycles. The monoisotopic (exact) mass is 258 g/mol. The molecule has 2 aromatic rings. The number of para-hydroxylation sites is 1. The third-order valence-electron chi connectivity index (χ3n) is 2.40. The van der Waals surface area contributed by atoms with E-state index in [2.05, 4.69) is 0 Å². The maximum atomic E-state index is 13.2. The molecule has 0 aliphatic heterocycles. The summed E-state index contributed by atoms with van der Waals surface area (Å²) in [6, 6.07) is 13.8. The highest BCUT2D eigenvalue weighted by Crippen LogP contribution is 2.28. The quantitative estimate of drug-likeness (QED) is 0.676. The Balaban J connectivity index is 2.14. The number of nitrogen functional groups attached to an aromatic ring is 1. The predicted octanol–water partition coefficient (Wildman–Crippen LogP) is 3.57. The van der Waals surface area contributed by atoms with Crippen LogP contribution in [-0.2, 0) is 5.75 Å². The maximum absolute atomic E-state index is 13.2. The van der Waals surface area contributed by atoms with E-state index in [1.807, 2.05) is 30.3 Å². The fourth-order valence-corrected chi connectivity index (χ4v) is 2.47. The van der Waals surface area contributed by atoms with Crippen molar-refractivity contribution in [3.05, 3.63) is 59.4 Å². The van der Waals surface area contributed by atoms with E-state index in [1.54, 1.807) is 6.07 Å². The van der Waals surface area contributed by atoms with E-state index in [0.717, 1.165) is 10.5 Å². The zero-order chi connectivity index (χ0) is 13.0. The van der Waals surface area contributed by atoms with E-state index in [-0.39, 0.29) is 5.82 Å². The Bertz CT molecular complexity index is 605. The molecule has 2 aromatic carbocycles. The number of anilines is 1. The molecule has 2 N–H and O–H groups in total. The van der Waals surface area contributed by atoms with Crippen molar-refractivity contribution >= 4 is 17.4 Å². The lowest BCUT2D eigenvalue weighted by molar-refractivity contribution is 0.626. The molecule has 0 unspecified atom stereocenters. The first-order valence-corrected chi connectivity index (χ1v) is 6.34. The van der Waals surface area contributed by atoms with Crippen LogP contribution in [0.15, 0.2) is 47.4 Å². The lowest BCUT2D eigenvalue weighted by atomic mass is 10.1. The summed E-state index contributed by atoms with van der Waals surface area (Å²) in [4.78, 5) is 0.959. The molecule has 0 fully saturated rings. The summed E-state index contributed by atoms with van der Waals surface area (Å²) >= 11 is 1.53. The van der Waals surface area contributed by atoms with Crippen LogP contribution in [0.4, 0.5) is 10.1 Å². The summed E-state index contributed by atoms with van der Waals surface area (Å²) < 4.78 is 13.2. The fraction of sp³-hybridized carbons (Fsp3) is 0.0714. The van der Waals surface area contributed by atoms with Gasteiger partial charge in [-0.2, -0.15) is 5.26 Å². The van der Waals surface area contributed by atoms with Gasteiger partial charge in [0.05, 0.1) is 11.6 Å². The third-order valence-corrected chi connectivity index (χ3v) is 3.56. The number of hydrogen-bond acceptors (Lipinski definition) is 3. The molecule has 0 heterocycles. The second-order valence-electron chi connectivity index (χ2n) is 3.79. The molecule has 0 amide bonds. The van der Waals surface area contributed by atoms with Crippen molar-refractivity contribution in [1.29, 1.82) is 5.26 Å². The second kappa shape index (κ2) is 5.56. The second-order valence-corrected chi connectivity index (χ2v) is 4.80. The zero-order valence-electron chi connectivity index (χ0n) is 9.56. The van der Waals surface area contributed by atoms with Crippen LogP contribution < -0.4 is 5.73 Å². The molecule has 0 saturated carbocycles. The Labute approximate surface area is 109 Å². The zero-order valence-corrected chi connectivity index (χ0v) is 10.4. The highest BCUT2D eigenvalue weighted by atomic mass is 32.2. The number of rotatable bonds is 3. The average molecular weight is 258 g/mol. The van der Waals surface area contributed by atoms with Gasteiger partial charge >= 0.3 is 0 Å². The number of nitrogens with two attached hydrogens (primary N) is 1. The standard InChI is InChI=1S/C14H11FN2S/c15-12-6-10(8-16)5-11(7-12)9-18-14-4-2-1-3-13(14)17/h1-7H,9,17H2. The summed E-state index contributed by atoms with van der Waals surface area (Å²) in [6.07, 6.45) is 0. The van der Waals surface area contributed by atoms with Gasteiger partial charge in [-0.05, 0) is 35.9 Å². The molecule has 2 nitrogen and oxygen atoms in total. The van der Waals surface area contributed by atoms with Crippen LogP contribution in [0.2, 0.25) is 0 Å². The molecule has 0 aliphatic carbocycles. The average Bonchev–Trinajstić information content (AvgIpc) is 2.37. The Morgan fingerprint density at radius 3 is 2.72 bits per heavy atom. The lowest BCUT2D eigenvalue weighted by Gasteiger charge is -2.05. The first-order chi connectivity index (χ1) is 8.69. The van der Waals surface area contributed by atoms with E-state index >= 15 is 0 Å². The number of hydrogen-bond donors (Lipinski definition) is 1. The number of thioether (sulfide) groups is 1. The van der Waals surface area contributed by atoms with E-state index in [9.17, 15) is 4.39 Å². The number of nitrogens with zero attached hydrogens (tertiary/aromatic N) is 1. The number of halogens is 1. The van der Waals surface area contributed by atoms with Crippen LogP contribution in [0.1, 0.15) is 11.1 Å². The summed E-state index contributed by atoms with van der Waals surface area (Å²) in [5.41, 5.74) is 7.65. The van der Waals surface area contributed by atoms with Crippen LogP contribution >= 0.6 is 11.8 Å². The van der Waals surface area contributed by atoms with Gasteiger partial charge in [0.15, 0.2) is 0 Å². The van der Waals surface area contributed by atoms with Crippen LogP contribution in [0.3, 0.4) is 0 Å². The molecule has 90 valence electrons. The molecule has 0 aliphatic rings. The van der Waals surface area contributed by atoms with E-state index < -0.39 is 0 Å². The topological polar surface area (TPSA) is 49.8 Å². The Hall–Kier alpha value is -1.99. The van der Waals surface area contributed by atoms with Crippen LogP contribution in [0.25, 0.3) is 0 Å². The van der Waals surface area contributed by atoms with Crippen molar-refractivity contribution in [2.75, 3.05) is 5.73 Å². The number of nitriles is 1. The molecule has 0 bridgehead atoms. The van der Waals surface area contributed by atoms with Crippen molar-refractivity contribution in [1.82, 2.24) is 0 Å². The van der Waals surface area contributed by atoms with Crippen molar-refractivity contribution in [3.8, 4) is 6.07 Å². The minimum Gasteiger partial charge on any atom is -0.398 e. The normalized spacial score (nSPS) is 10.0. The van der Waals surface area contributed by atoms with Crippen molar-refractivity contribution < 1.29 is 4.39 Å². The minimum absolute atomic E-state index is 0.339. The smallest absolute Gasteiger partial charge is 0.124 e. The first-order valence-electron chi connectivity index (χ1n) is 5.36. The van der Waals surface area contributed by atoms with Crippen LogP contribution in [0, 0.1) is 17.1 Å². The van der Waals surface area contributed by atoms with E-state index in [0.29, 0.717) is 17.0 Å². The van der Waals surface area contributed by atoms with Gasteiger partial charge < -0.3 is 5.73 Å². The van der Waals surface area contributed by atoms with Gasteiger partial charge in [-0.25, -0.2) is 4.39 Å². The fourth-order valence-electron chi connectivity index (χ4n) is 1.57. The molecule has 18 heavy (non-hydrogen) atoms. The SMILES string of the molecule is N#Cc1cc(F)cc(CSc2ccccc2N)c1. The largest absolute Gasteiger partial charge is 0.398 e. The van der Waals surface area contributed by atoms with E-state index in [1.165, 1.54) is 23.9 Å². The van der Waals surface area contributed by atoms with Crippen molar-refractivity contribution in [2.45, 2.75) is 10.6 Å². The van der Waals surface area contributed by atoms with Gasteiger partial charge in [0.2, 0.25) is 0 Å². The maximum Gasteiger partial charge on any atom is 0.124 e. The van der Waals surface area contributed by atoms with Gasteiger partial charge in [-0.1, -0.05) is 12.1 Å². The first kappa shape index (κ1) is 12.5. The molecular weight excluding hydrogens is 247 g/mol. The lowest BCUT2D eigenvalue weighted by Crippen LogP contribution is -1.90. The Morgan fingerprint density at radius 2 is 2.00 bits per heavy atom. The summed E-state index contributed by atoms with van der Waals surface area (Å²) in [5.74, 6) is 0.200. The van der Waals surface area contributed by atoms with Gasteiger partial charge in [0.1, 0.15) is 5.82 Å². The van der Waals surface area contributed by atoms with Crippen molar-refractivity contribution in [3.63, 3.8) is 0 Å². The van der Waals surface area contributed by atoms with Gasteiger partial charge in [0, 0.05) is 16.3 Å². The Kier molecular flexibility index (Phi) is 3.85. The van der Waals surface area contributed by atoms with Crippen LogP contribution in [0.5, 0.6) is 0 Å². The summed E-state index contributed by atoms with van der Waals surface area (Å²) in [6.45, 7) is 0. The van der Waals surface area contributed by atoms with Gasteiger partial charge in [-0.3, -0.25) is 0 Å². The van der Waals surface area contributed by atoms with E-state index in [4.69, 9.17) is 11.0 Å². The predicted molar refractivity (Wildman–Crippen MR) is 71.5 cm³/mol. The highest BCUT2D eigenvalue weighted by Gasteiger charge is 2.03. The molecule has 0 radical (unpaired) electrons. The highest BCUT2D eigenvalue weighted by molar-refractivity contribution is 7.98. The molecule has 4 heteroatoms. The minimum atomic E-state index is -0.384. The van der Waals surface area contributed by atoms with Crippen LogP contribution in [-0.4, -0.2) is 0 Å². The third kappa shape index (κ3) is 3.02. The summed E-state index contributed by atoms with van der Waals surface area (Å²) in [7, 11) is 0. The Morgan fingerprint density at radius 1 is 1.22 bits per heavy atom. The van der Waals surface area contributed by atoms with Crippen molar-refractivity contribution in [2.24, 2.45) is 0 Å². The molecule has 0 atom stereocenters. The van der Waals surface area contributed by atoms with Gasteiger partial charge in [0.25, 0.3) is 0 Å².